The lowest BCUT2D eigenvalue weighted by Crippen LogP contribution is -2.31. The van der Waals surface area contributed by atoms with Crippen molar-refractivity contribution < 1.29 is 4.39 Å². The summed E-state index contributed by atoms with van der Waals surface area (Å²) in [5.41, 5.74) is 5.07. The number of nitrogens with zero attached hydrogens (tertiary/aromatic N) is 1. The van der Waals surface area contributed by atoms with Crippen molar-refractivity contribution >= 4 is 11.6 Å². The standard InChI is InChI=1S/C15H17ClFN3/c1-2-10-5-4-8-19-15(10)14(20-18)9-11-12(16)6-3-7-13(11)17/h3-8,14,20H,2,9,18H2,1H3. The highest BCUT2D eigenvalue weighted by Gasteiger charge is 2.18. The second-order valence-corrected chi connectivity index (χ2v) is 4.93. The molecule has 2 aromatic rings. The van der Waals surface area contributed by atoms with Crippen molar-refractivity contribution in [3.8, 4) is 0 Å². The molecule has 1 heterocycles. The highest BCUT2D eigenvalue weighted by atomic mass is 35.5. The number of hydrazine groups is 1. The van der Waals surface area contributed by atoms with Crippen molar-refractivity contribution in [2.45, 2.75) is 25.8 Å². The van der Waals surface area contributed by atoms with E-state index in [9.17, 15) is 4.39 Å². The fourth-order valence-electron chi connectivity index (χ4n) is 2.23. The van der Waals surface area contributed by atoms with Crippen molar-refractivity contribution in [2.24, 2.45) is 5.84 Å². The Hall–Kier alpha value is -1.49. The molecule has 0 saturated heterocycles. The van der Waals surface area contributed by atoms with Gasteiger partial charge >= 0.3 is 0 Å². The van der Waals surface area contributed by atoms with E-state index in [0.29, 0.717) is 17.0 Å². The van der Waals surface area contributed by atoms with Crippen molar-refractivity contribution in [1.82, 2.24) is 10.4 Å². The van der Waals surface area contributed by atoms with Gasteiger partial charge < -0.3 is 0 Å². The Bertz CT molecular complexity index is 569. The van der Waals surface area contributed by atoms with Gasteiger partial charge in [0.15, 0.2) is 0 Å². The number of hydrogen-bond acceptors (Lipinski definition) is 3. The first-order valence-corrected chi connectivity index (χ1v) is 6.88. The van der Waals surface area contributed by atoms with Gasteiger partial charge in [-0.25, -0.2) is 4.39 Å². The lowest BCUT2D eigenvalue weighted by molar-refractivity contribution is 0.515. The van der Waals surface area contributed by atoms with E-state index in [1.807, 2.05) is 19.1 Å². The minimum Gasteiger partial charge on any atom is -0.271 e. The van der Waals surface area contributed by atoms with Crippen LogP contribution in [0.2, 0.25) is 5.02 Å². The highest BCUT2D eigenvalue weighted by Crippen LogP contribution is 2.26. The molecule has 0 aliphatic heterocycles. The Kier molecular flexibility index (Phi) is 5.06. The van der Waals surface area contributed by atoms with E-state index in [2.05, 4.69) is 10.4 Å². The lowest BCUT2D eigenvalue weighted by Gasteiger charge is -2.19. The molecule has 1 atom stereocenters. The van der Waals surface area contributed by atoms with Crippen LogP contribution in [0.3, 0.4) is 0 Å². The Labute approximate surface area is 122 Å². The predicted octanol–water partition coefficient (Wildman–Crippen LogP) is 3.18. The number of benzene rings is 1. The van der Waals surface area contributed by atoms with Crippen LogP contribution < -0.4 is 11.3 Å². The predicted molar refractivity (Wildman–Crippen MR) is 78.8 cm³/mol. The molecule has 5 heteroatoms. The van der Waals surface area contributed by atoms with Crippen LogP contribution in [0.1, 0.15) is 29.8 Å². The minimum absolute atomic E-state index is 0.277. The number of nitrogens with one attached hydrogen (secondary N) is 1. The summed E-state index contributed by atoms with van der Waals surface area (Å²) in [4.78, 5) is 4.37. The molecule has 1 aromatic carbocycles. The van der Waals surface area contributed by atoms with E-state index in [1.165, 1.54) is 6.07 Å². The first-order valence-electron chi connectivity index (χ1n) is 6.50. The lowest BCUT2D eigenvalue weighted by atomic mass is 9.98. The number of pyridine rings is 1. The van der Waals surface area contributed by atoms with Gasteiger partial charge in [0.05, 0.1) is 11.7 Å². The summed E-state index contributed by atoms with van der Waals surface area (Å²) in [6, 6.07) is 8.26. The summed E-state index contributed by atoms with van der Waals surface area (Å²) < 4.78 is 13.9. The van der Waals surface area contributed by atoms with Crippen LogP contribution in [0.5, 0.6) is 0 Å². The molecule has 0 bridgehead atoms. The van der Waals surface area contributed by atoms with Crippen LogP contribution in [0.15, 0.2) is 36.5 Å². The number of rotatable bonds is 5. The van der Waals surface area contributed by atoms with Gasteiger partial charge in [0, 0.05) is 16.8 Å². The maximum Gasteiger partial charge on any atom is 0.127 e. The number of aryl methyl sites for hydroxylation is 1. The van der Waals surface area contributed by atoms with Gasteiger partial charge in [-0.1, -0.05) is 30.7 Å². The average Bonchev–Trinajstić information content (AvgIpc) is 2.47. The third kappa shape index (κ3) is 3.15. The SMILES string of the molecule is CCc1cccnc1C(Cc1c(F)cccc1Cl)NN. The normalized spacial score (nSPS) is 12.4. The van der Waals surface area contributed by atoms with Crippen LogP contribution in [0.4, 0.5) is 4.39 Å². The molecule has 106 valence electrons. The quantitative estimate of drug-likeness (QED) is 0.657. The van der Waals surface area contributed by atoms with Gasteiger partial charge in [-0.2, -0.15) is 0 Å². The Morgan fingerprint density at radius 3 is 2.80 bits per heavy atom. The largest absolute Gasteiger partial charge is 0.271 e. The van der Waals surface area contributed by atoms with Crippen LogP contribution in [-0.2, 0) is 12.8 Å². The van der Waals surface area contributed by atoms with Crippen LogP contribution in [-0.4, -0.2) is 4.98 Å². The maximum absolute atomic E-state index is 13.9. The van der Waals surface area contributed by atoms with Crippen molar-refractivity contribution in [1.29, 1.82) is 0 Å². The van der Waals surface area contributed by atoms with Crippen LogP contribution >= 0.6 is 11.6 Å². The zero-order chi connectivity index (χ0) is 14.5. The number of hydrogen-bond donors (Lipinski definition) is 2. The van der Waals surface area contributed by atoms with Crippen molar-refractivity contribution in [2.75, 3.05) is 0 Å². The summed E-state index contributed by atoms with van der Waals surface area (Å²) in [7, 11) is 0. The smallest absolute Gasteiger partial charge is 0.127 e. The fourth-order valence-corrected chi connectivity index (χ4v) is 2.47. The molecule has 20 heavy (non-hydrogen) atoms. The number of nitrogens with two attached hydrogens (primary N) is 1. The van der Waals surface area contributed by atoms with Gasteiger partial charge in [0.1, 0.15) is 5.82 Å². The van der Waals surface area contributed by atoms with E-state index in [1.54, 1.807) is 18.3 Å². The van der Waals surface area contributed by atoms with E-state index in [0.717, 1.165) is 17.7 Å². The van der Waals surface area contributed by atoms with E-state index >= 15 is 0 Å². The molecular formula is C15H17ClFN3. The monoisotopic (exact) mass is 293 g/mol. The molecule has 1 aromatic heterocycles. The number of aromatic nitrogens is 1. The van der Waals surface area contributed by atoms with Gasteiger partial charge in [-0.3, -0.25) is 16.3 Å². The molecule has 0 aliphatic carbocycles. The van der Waals surface area contributed by atoms with Gasteiger partial charge in [0.25, 0.3) is 0 Å². The molecule has 0 saturated carbocycles. The molecule has 2 rings (SSSR count). The summed E-state index contributed by atoms with van der Waals surface area (Å²) in [5, 5.41) is 0.402. The molecule has 0 amide bonds. The first-order chi connectivity index (χ1) is 9.67. The zero-order valence-corrected chi connectivity index (χ0v) is 12.0. The van der Waals surface area contributed by atoms with E-state index in [-0.39, 0.29) is 11.9 Å². The van der Waals surface area contributed by atoms with Crippen molar-refractivity contribution in [3.05, 3.63) is 64.2 Å². The maximum atomic E-state index is 13.9. The van der Waals surface area contributed by atoms with Gasteiger partial charge in [-0.15, -0.1) is 0 Å². The molecule has 3 N–H and O–H groups in total. The summed E-state index contributed by atoms with van der Waals surface area (Å²) >= 11 is 6.06. The summed E-state index contributed by atoms with van der Waals surface area (Å²) in [6.45, 7) is 2.05. The topological polar surface area (TPSA) is 50.9 Å². The van der Waals surface area contributed by atoms with E-state index < -0.39 is 0 Å². The zero-order valence-electron chi connectivity index (χ0n) is 11.2. The van der Waals surface area contributed by atoms with Crippen LogP contribution in [0, 0.1) is 5.82 Å². The minimum atomic E-state index is -0.327. The third-order valence-electron chi connectivity index (χ3n) is 3.31. The Morgan fingerprint density at radius 2 is 2.15 bits per heavy atom. The molecule has 0 spiro atoms. The van der Waals surface area contributed by atoms with Gasteiger partial charge in [0.2, 0.25) is 0 Å². The second kappa shape index (κ2) is 6.79. The number of halogens is 2. The molecule has 3 nitrogen and oxygen atoms in total. The van der Waals surface area contributed by atoms with E-state index in [4.69, 9.17) is 17.4 Å². The third-order valence-corrected chi connectivity index (χ3v) is 3.66. The fraction of sp³-hybridized carbons (Fsp3) is 0.267. The second-order valence-electron chi connectivity index (χ2n) is 4.52. The molecule has 0 fully saturated rings. The molecular weight excluding hydrogens is 277 g/mol. The average molecular weight is 294 g/mol. The summed E-state index contributed by atoms with van der Waals surface area (Å²) in [5.74, 6) is 5.29. The Morgan fingerprint density at radius 1 is 1.35 bits per heavy atom. The van der Waals surface area contributed by atoms with Crippen molar-refractivity contribution in [3.63, 3.8) is 0 Å². The molecule has 0 aliphatic rings. The molecule has 0 radical (unpaired) electrons. The molecule has 1 unspecified atom stereocenters. The Balaban J connectivity index is 2.34. The first kappa shape index (κ1) is 14.9. The van der Waals surface area contributed by atoms with Crippen LogP contribution in [0.25, 0.3) is 0 Å². The summed E-state index contributed by atoms with van der Waals surface area (Å²) in [6.07, 6.45) is 2.90. The highest BCUT2D eigenvalue weighted by molar-refractivity contribution is 6.31. The van der Waals surface area contributed by atoms with Gasteiger partial charge in [-0.05, 0) is 36.6 Å².